The smallest absolute Gasteiger partial charge is 0.103 e. The van der Waals surface area contributed by atoms with Crippen LogP contribution in [0.1, 0.15) is 11.5 Å². The Morgan fingerprint density at radius 1 is 1.50 bits per heavy atom. The van der Waals surface area contributed by atoms with Gasteiger partial charge in [0.05, 0.1) is 12.2 Å². The van der Waals surface area contributed by atoms with E-state index in [1.54, 1.807) is 0 Å². The molecule has 14 heavy (non-hydrogen) atoms. The second kappa shape index (κ2) is 4.54. The molecule has 0 spiro atoms. The normalized spacial score (nSPS) is 18.6. The standard InChI is InChI=1S/C9H17N5/c1-8-11-6-9(13-8)7-12-14-4-2-10-3-5-14/h6,10,12H,2-5,7H2,1H3,(H,11,13). The second-order valence-corrected chi connectivity index (χ2v) is 3.57. The van der Waals surface area contributed by atoms with Crippen LogP contribution < -0.4 is 10.7 Å². The van der Waals surface area contributed by atoms with Gasteiger partial charge in [-0.1, -0.05) is 0 Å². The van der Waals surface area contributed by atoms with Crippen LogP contribution in [0.25, 0.3) is 0 Å². The molecule has 5 nitrogen and oxygen atoms in total. The summed E-state index contributed by atoms with van der Waals surface area (Å²) in [7, 11) is 0. The Morgan fingerprint density at radius 3 is 2.93 bits per heavy atom. The van der Waals surface area contributed by atoms with E-state index in [-0.39, 0.29) is 0 Å². The first kappa shape index (κ1) is 9.64. The van der Waals surface area contributed by atoms with Crippen molar-refractivity contribution in [3.8, 4) is 0 Å². The van der Waals surface area contributed by atoms with Crippen molar-refractivity contribution < 1.29 is 0 Å². The van der Waals surface area contributed by atoms with Gasteiger partial charge in [-0.3, -0.25) is 0 Å². The molecule has 2 rings (SSSR count). The van der Waals surface area contributed by atoms with Crippen molar-refractivity contribution in [1.82, 2.24) is 25.7 Å². The number of hydrogen-bond donors (Lipinski definition) is 3. The molecule has 2 heterocycles. The van der Waals surface area contributed by atoms with Gasteiger partial charge in [0.2, 0.25) is 0 Å². The zero-order valence-electron chi connectivity index (χ0n) is 8.51. The lowest BCUT2D eigenvalue weighted by atomic mass is 10.4. The summed E-state index contributed by atoms with van der Waals surface area (Å²) in [5.74, 6) is 0.974. The highest BCUT2D eigenvalue weighted by Crippen LogP contribution is 1.96. The molecule has 0 aliphatic carbocycles. The minimum Gasteiger partial charge on any atom is -0.345 e. The number of hydrogen-bond acceptors (Lipinski definition) is 4. The van der Waals surface area contributed by atoms with Gasteiger partial charge in [-0.15, -0.1) is 0 Å². The SMILES string of the molecule is Cc1ncc(CNN2CCNCC2)[nH]1. The molecule has 0 unspecified atom stereocenters. The fourth-order valence-corrected chi connectivity index (χ4v) is 1.58. The average molecular weight is 195 g/mol. The molecule has 1 saturated heterocycles. The number of aryl methyl sites for hydroxylation is 1. The maximum atomic E-state index is 4.15. The summed E-state index contributed by atoms with van der Waals surface area (Å²) in [6, 6.07) is 0. The maximum absolute atomic E-state index is 4.15. The largest absolute Gasteiger partial charge is 0.345 e. The summed E-state index contributed by atoms with van der Waals surface area (Å²) < 4.78 is 0. The van der Waals surface area contributed by atoms with Crippen LogP contribution >= 0.6 is 0 Å². The summed E-state index contributed by atoms with van der Waals surface area (Å²) in [4.78, 5) is 7.35. The number of H-pyrrole nitrogens is 1. The van der Waals surface area contributed by atoms with E-state index in [2.05, 4.69) is 25.7 Å². The first-order chi connectivity index (χ1) is 6.84. The lowest BCUT2D eigenvalue weighted by Gasteiger charge is -2.27. The van der Waals surface area contributed by atoms with E-state index in [0.29, 0.717) is 0 Å². The fourth-order valence-electron chi connectivity index (χ4n) is 1.58. The first-order valence-corrected chi connectivity index (χ1v) is 5.04. The minimum absolute atomic E-state index is 0.834. The van der Waals surface area contributed by atoms with Crippen LogP contribution in [0.3, 0.4) is 0 Å². The molecule has 0 radical (unpaired) electrons. The summed E-state index contributed by atoms with van der Waals surface area (Å²) in [5.41, 5.74) is 4.51. The third-order valence-electron chi connectivity index (χ3n) is 2.37. The molecule has 1 aromatic heterocycles. The van der Waals surface area contributed by atoms with Gasteiger partial charge in [-0.25, -0.2) is 15.4 Å². The Kier molecular flexibility index (Phi) is 3.13. The molecule has 78 valence electrons. The zero-order chi connectivity index (χ0) is 9.80. The van der Waals surface area contributed by atoms with Crippen LogP contribution in [0.5, 0.6) is 0 Å². The summed E-state index contributed by atoms with van der Waals surface area (Å²) in [6.07, 6.45) is 1.88. The van der Waals surface area contributed by atoms with Crippen molar-refractivity contribution in [3.63, 3.8) is 0 Å². The average Bonchev–Trinajstić information content (AvgIpc) is 2.63. The zero-order valence-corrected chi connectivity index (χ0v) is 8.51. The lowest BCUT2D eigenvalue weighted by molar-refractivity contribution is 0.160. The Bertz CT molecular complexity index is 276. The lowest BCUT2D eigenvalue weighted by Crippen LogP contribution is -2.49. The Balaban J connectivity index is 1.76. The Hall–Kier alpha value is -0.910. The van der Waals surface area contributed by atoms with Crippen LogP contribution in [-0.2, 0) is 6.54 Å². The van der Waals surface area contributed by atoms with Gasteiger partial charge in [-0.2, -0.15) is 0 Å². The molecule has 0 atom stereocenters. The van der Waals surface area contributed by atoms with Gasteiger partial charge < -0.3 is 10.3 Å². The molecule has 0 bridgehead atoms. The van der Waals surface area contributed by atoms with E-state index in [1.807, 2.05) is 13.1 Å². The van der Waals surface area contributed by atoms with Crippen LogP contribution in [0.4, 0.5) is 0 Å². The fraction of sp³-hybridized carbons (Fsp3) is 0.667. The molecule has 0 saturated carbocycles. The first-order valence-electron chi connectivity index (χ1n) is 5.04. The number of aromatic amines is 1. The van der Waals surface area contributed by atoms with E-state index >= 15 is 0 Å². The van der Waals surface area contributed by atoms with Crippen LogP contribution in [0.2, 0.25) is 0 Å². The second-order valence-electron chi connectivity index (χ2n) is 3.57. The van der Waals surface area contributed by atoms with Crippen molar-refractivity contribution in [2.45, 2.75) is 13.5 Å². The number of hydrazine groups is 1. The van der Waals surface area contributed by atoms with Crippen LogP contribution in [0.15, 0.2) is 6.20 Å². The van der Waals surface area contributed by atoms with Gasteiger partial charge in [-0.05, 0) is 6.92 Å². The summed E-state index contributed by atoms with van der Waals surface area (Å²) in [5, 5.41) is 5.56. The van der Waals surface area contributed by atoms with Gasteiger partial charge in [0.15, 0.2) is 0 Å². The van der Waals surface area contributed by atoms with Crippen molar-refractivity contribution >= 4 is 0 Å². The Labute approximate surface area is 83.9 Å². The van der Waals surface area contributed by atoms with Gasteiger partial charge >= 0.3 is 0 Å². The number of rotatable bonds is 3. The number of imidazole rings is 1. The van der Waals surface area contributed by atoms with Crippen molar-refractivity contribution in [1.29, 1.82) is 0 Å². The van der Waals surface area contributed by atoms with Crippen LogP contribution in [-0.4, -0.2) is 41.2 Å². The predicted molar refractivity (Wildman–Crippen MR) is 54.6 cm³/mol. The molecule has 3 N–H and O–H groups in total. The molecular formula is C9H17N5. The van der Waals surface area contributed by atoms with E-state index in [9.17, 15) is 0 Å². The van der Waals surface area contributed by atoms with Gasteiger partial charge in [0.25, 0.3) is 0 Å². The van der Waals surface area contributed by atoms with Crippen molar-refractivity contribution in [3.05, 3.63) is 17.7 Å². The van der Waals surface area contributed by atoms with E-state index in [1.165, 1.54) is 0 Å². The van der Waals surface area contributed by atoms with Gasteiger partial charge in [0.1, 0.15) is 5.82 Å². The third kappa shape index (κ3) is 2.54. The highest BCUT2D eigenvalue weighted by Gasteiger charge is 2.08. The molecule has 1 aromatic rings. The molecule has 0 amide bonds. The molecule has 1 aliphatic heterocycles. The third-order valence-corrected chi connectivity index (χ3v) is 2.37. The quantitative estimate of drug-likeness (QED) is 0.616. The van der Waals surface area contributed by atoms with E-state index in [4.69, 9.17) is 0 Å². The number of nitrogens with zero attached hydrogens (tertiary/aromatic N) is 2. The van der Waals surface area contributed by atoms with Crippen LogP contribution in [0, 0.1) is 6.92 Å². The topological polar surface area (TPSA) is 56.0 Å². The number of nitrogens with one attached hydrogen (secondary N) is 3. The number of piperazine rings is 1. The summed E-state index contributed by atoms with van der Waals surface area (Å²) in [6.45, 7) is 7.05. The molecule has 5 heteroatoms. The highest BCUT2D eigenvalue weighted by molar-refractivity contribution is 4.98. The van der Waals surface area contributed by atoms with Gasteiger partial charge in [0, 0.05) is 32.4 Å². The monoisotopic (exact) mass is 195 g/mol. The number of aromatic nitrogens is 2. The van der Waals surface area contributed by atoms with E-state index in [0.717, 1.165) is 44.2 Å². The molecule has 0 aromatic carbocycles. The van der Waals surface area contributed by atoms with E-state index < -0.39 is 0 Å². The van der Waals surface area contributed by atoms with Crippen molar-refractivity contribution in [2.24, 2.45) is 0 Å². The summed E-state index contributed by atoms with van der Waals surface area (Å²) >= 11 is 0. The van der Waals surface area contributed by atoms with Crippen molar-refractivity contribution in [2.75, 3.05) is 26.2 Å². The molecule has 1 aliphatic rings. The maximum Gasteiger partial charge on any atom is 0.103 e. The predicted octanol–water partition coefficient (Wildman–Crippen LogP) is -0.372. The highest BCUT2D eigenvalue weighted by atomic mass is 15.5. The molecular weight excluding hydrogens is 178 g/mol. The minimum atomic E-state index is 0.834. The molecule has 1 fully saturated rings. The Morgan fingerprint density at radius 2 is 2.29 bits per heavy atom.